The van der Waals surface area contributed by atoms with Crippen LogP contribution in [0.25, 0.3) is 22.0 Å². The predicted molar refractivity (Wildman–Crippen MR) is 159 cm³/mol. The zero-order valence-electron chi connectivity index (χ0n) is 21.8. The van der Waals surface area contributed by atoms with Gasteiger partial charge in [0.25, 0.3) is 11.5 Å². The Hall–Kier alpha value is -3.59. The van der Waals surface area contributed by atoms with E-state index < -0.39 is 0 Å². The summed E-state index contributed by atoms with van der Waals surface area (Å²) in [5.41, 5.74) is 4.46. The Bertz CT molecular complexity index is 1590. The van der Waals surface area contributed by atoms with Gasteiger partial charge in [0.1, 0.15) is 0 Å². The smallest absolute Gasteiger partial charge is 0.258 e. The van der Waals surface area contributed by atoms with E-state index in [1.54, 1.807) is 5.01 Å². The molecule has 8 heteroatoms. The van der Waals surface area contributed by atoms with Gasteiger partial charge in [-0.25, -0.2) is 5.01 Å². The van der Waals surface area contributed by atoms with Gasteiger partial charge in [0, 0.05) is 53.5 Å². The Labute approximate surface area is 235 Å². The molecule has 7 nitrogen and oxygen atoms in total. The van der Waals surface area contributed by atoms with E-state index in [1.165, 1.54) is 0 Å². The van der Waals surface area contributed by atoms with Crippen molar-refractivity contribution in [1.29, 1.82) is 0 Å². The molecule has 1 fully saturated rings. The average molecular weight is 585 g/mol. The third-order valence-electron chi connectivity index (χ3n) is 7.63. The molecule has 2 aliphatic heterocycles. The number of hydrogen-bond acceptors (Lipinski definition) is 5. The van der Waals surface area contributed by atoms with Gasteiger partial charge in [-0.2, -0.15) is 5.10 Å². The minimum atomic E-state index is -0.276. The number of pyridine rings is 1. The Morgan fingerprint density at radius 3 is 2.36 bits per heavy atom. The predicted octanol–water partition coefficient (Wildman–Crippen LogP) is 4.88. The Kier molecular flexibility index (Phi) is 7.16. The number of carbonyl (C=O) groups is 1. The molecule has 3 aromatic carbocycles. The number of piperazine rings is 1. The van der Waals surface area contributed by atoms with Gasteiger partial charge in [-0.15, -0.1) is 0 Å². The first-order valence-electron chi connectivity index (χ1n) is 13.2. The van der Waals surface area contributed by atoms with Crippen LogP contribution in [0.2, 0.25) is 0 Å². The maximum atomic E-state index is 13.7. The number of halogens is 1. The lowest BCUT2D eigenvalue weighted by molar-refractivity contribution is -0.134. The second-order valence-electron chi connectivity index (χ2n) is 10.3. The molecular weight excluding hydrogens is 554 g/mol. The number of hydrazone groups is 1. The highest BCUT2D eigenvalue weighted by Crippen LogP contribution is 2.37. The number of aromatic amines is 1. The highest BCUT2D eigenvalue weighted by molar-refractivity contribution is 9.10. The van der Waals surface area contributed by atoms with Gasteiger partial charge in [-0.1, -0.05) is 76.6 Å². The summed E-state index contributed by atoms with van der Waals surface area (Å²) in [4.78, 5) is 35.0. The van der Waals surface area contributed by atoms with Crippen molar-refractivity contribution < 1.29 is 4.79 Å². The van der Waals surface area contributed by atoms with Gasteiger partial charge in [0.15, 0.2) is 0 Å². The number of amides is 1. The highest BCUT2D eigenvalue weighted by Gasteiger charge is 2.36. The Morgan fingerprint density at radius 2 is 1.64 bits per heavy atom. The average Bonchev–Trinajstić information content (AvgIpc) is 3.40. The van der Waals surface area contributed by atoms with Gasteiger partial charge in [0.05, 0.1) is 23.9 Å². The molecule has 0 bridgehead atoms. The van der Waals surface area contributed by atoms with Crippen molar-refractivity contribution in [2.24, 2.45) is 5.10 Å². The Morgan fingerprint density at radius 1 is 0.949 bits per heavy atom. The molecule has 0 radical (unpaired) electrons. The van der Waals surface area contributed by atoms with Gasteiger partial charge in [-0.05, 0) is 36.4 Å². The summed E-state index contributed by atoms with van der Waals surface area (Å²) in [5.74, 6) is -0.0513. The molecule has 1 unspecified atom stereocenters. The van der Waals surface area contributed by atoms with Crippen LogP contribution in [0.1, 0.15) is 23.6 Å². The van der Waals surface area contributed by atoms with Crippen LogP contribution >= 0.6 is 15.9 Å². The van der Waals surface area contributed by atoms with E-state index in [4.69, 9.17) is 5.10 Å². The van der Waals surface area contributed by atoms with Crippen LogP contribution < -0.4 is 5.56 Å². The number of benzene rings is 3. The van der Waals surface area contributed by atoms with Crippen molar-refractivity contribution in [3.63, 3.8) is 0 Å². The van der Waals surface area contributed by atoms with E-state index in [2.05, 4.69) is 37.8 Å². The molecule has 4 aromatic rings. The zero-order chi connectivity index (χ0) is 26.9. The minimum Gasteiger partial charge on any atom is -0.321 e. The molecule has 198 valence electrons. The summed E-state index contributed by atoms with van der Waals surface area (Å²) in [6.07, 6.45) is 0.459. The molecule has 1 N–H and O–H groups in total. The number of H-pyrrole nitrogens is 1. The topological polar surface area (TPSA) is 72.0 Å². The molecular formula is C31H30BrN5O2. The fraction of sp³-hybridized carbons (Fsp3) is 0.258. The number of nitrogens with zero attached hydrogens (tertiary/aromatic N) is 4. The van der Waals surface area contributed by atoms with Crippen molar-refractivity contribution in [3.05, 3.63) is 105 Å². The molecule has 1 aromatic heterocycles. The Balaban J connectivity index is 1.46. The number of fused-ring (bicyclic) bond motifs is 1. The van der Waals surface area contributed by atoms with E-state index in [0.717, 1.165) is 58.2 Å². The van der Waals surface area contributed by atoms with Crippen molar-refractivity contribution in [3.8, 4) is 11.1 Å². The molecule has 0 aliphatic carbocycles. The van der Waals surface area contributed by atoms with Crippen molar-refractivity contribution in [2.75, 3.05) is 39.8 Å². The van der Waals surface area contributed by atoms with E-state index in [1.807, 2.05) is 78.9 Å². The van der Waals surface area contributed by atoms with Gasteiger partial charge in [0.2, 0.25) is 0 Å². The summed E-state index contributed by atoms with van der Waals surface area (Å²) in [5, 5.41) is 7.44. The van der Waals surface area contributed by atoms with Crippen molar-refractivity contribution in [1.82, 2.24) is 19.8 Å². The lowest BCUT2D eigenvalue weighted by Crippen LogP contribution is -2.48. The highest BCUT2D eigenvalue weighted by atomic mass is 79.9. The zero-order valence-corrected chi connectivity index (χ0v) is 23.4. The third kappa shape index (κ3) is 5.20. The van der Waals surface area contributed by atoms with Gasteiger partial charge in [-0.3, -0.25) is 14.5 Å². The quantitative estimate of drug-likeness (QED) is 0.363. The summed E-state index contributed by atoms with van der Waals surface area (Å²) in [6.45, 7) is 3.87. The van der Waals surface area contributed by atoms with E-state index in [-0.39, 0.29) is 17.5 Å². The van der Waals surface area contributed by atoms with Crippen LogP contribution in [-0.4, -0.2) is 71.2 Å². The molecule has 2 aliphatic rings. The van der Waals surface area contributed by atoms with E-state index >= 15 is 0 Å². The maximum absolute atomic E-state index is 13.7. The van der Waals surface area contributed by atoms with E-state index in [9.17, 15) is 9.59 Å². The molecule has 3 heterocycles. The largest absolute Gasteiger partial charge is 0.321 e. The summed E-state index contributed by atoms with van der Waals surface area (Å²) >= 11 is 3.60. The molecule has 1 amide bonds. The normalized spacial score (nSPS) is 18.5. The molecule has 0 saturated carbocycles. The standard InChI is InChI=1S/C31H30BrN5O2/c1-35-14-16-36(17-15-35)20-28(38)37-27(21-8-4-2-5-9-21)19-26(34-37)30-29(22-10-6-3-7-11-22)24-18-23(32)12-13-25(24)33-31(30)39/h2-13,18,27H,14-17,19-20H2,1H3,(H,33,39). The SMILES string of the molecule is CN1CCN(CC(=O)N2N=C(c3c(-c4ccccc4)c4cc(Br)ccc4[nH]c3=O)CC2c2ccccc2)CC1. The fourth-order valence-corrected chi connectivity index (χ4v) is 5.90. The maximum Gasteiger partial charge on any atom is 0.258 e. The fourth-order valence-electron chi connectivity index (χ4n) is 5.54. The van der Waals surface area contributed by atoms with Crippen molar-refractivity contribution >= 4 is 38.5 Å². The van der Waals surface area contributed by atoms with Gasteiger partial charge >= 0.3 is 0 Å². The van der Waals surface area contributed by atoms with E-state index in [0.29, 0.717) is 24.2 Å². The van der Waals surface area contributed by atoms with Gasteiger partial charge < -0.3 is 9.88 Å². The molecule has 1 atom stereocenters. The van der Waals surface area contributed by atoms with Crippen LogP contribution in [-0.2, 0) is 4.79 Å². The van der Waals surface area contributed by atoms with Crippen LogP contribution in [0.15, 0.2) is 93.2 Å². The summed E-state index contributed by atoms with van der Waals surface area (Å²) < 4.78 is 0.921. The lowest BCUT2D eigenvalue weighted by atomic mass is 9.91. The molecule has 0 spiro atoms. The van der Waals surface area contributed by atoms with Crippen molar-refractivity contribution in [2.45, 2.75) is 12.5 Å². The molecule has 39 heavy (non-hydrogen) atoms. The van der Waals surface area contributed by atoms with Crippen LogP contribution in [0.3, 0.4) is 0 Å². The first kappa shape index (κ1) is 25.7. The first-order chi connectivity index (χ1) is 19.0. The third-order valence-corrected chi connectivity index (χ3v) is 8.13. The number of likely N-dealkylation sites (N-methyl/N-ethyl adjacent to an activating group) is 1. The minimum absolute atomic E-state index is 0.0513. The number of hydrogen-bond donors (Lipinski definition) is 1. The number of carbonyl (C=O) groups excluding carboxylic acids is 1. The number of aromatic nitrogens is 1. The second-order valence-corrected chi connectivity index (χ2v) is 11.2. The first-order valence-corrected chi connectivity index (χ1v) is 14.0. The molecule has 1 saturated heterocycles. The lowest BCUT2D eigenvalue weighted by Gasteiger charge is -2.33. The van der Waals surface area contributed by atoms with Crippen LogP contribution in [0.4, 0.5) is 0 Å². The van der Waals surface area contributed by atoms with Crippen LogP contribution in [0.5, 0.6) is 0 Å². The number of rotatable bonds is 5. The number of nitrogens with one attached hydrogen (secondary N) is 1. The summed E-state index contributed by atoms with van der Waals surface area (Å²) in [7, 11) is 2.10. The summed E-state index contributed by atoms with van der Waals surface area (Å²) in [6, 6.07) is 25.5. The molecule has 6 rings (SSSR count). The van der Waals surface area contributed by atoms with Crippen LogP contribution in [0, 0.1) is 0 Å². The monoisotopic (exact) mass is 583 g/mol. The second kappa shape index (κ2) is 10.9.